The van der Waals surface area contributed by atoms with Crippen LogP contribution in [0.15, 0.2) is 48.5 Å². The van der Waals surface area contributed by atoms with E-state index in [1.54, 1.807) is 42.3 Å². The van der Waals surface area contributed by atoms with E-state index >= 15 is 0 Å². The predicted molar refractivity (Wildman–Crippen MR) is 88.7 cm³/mol. The lowest BCUT2D eigenvalue weighted by molar-refractivity contribution is -0.384. The van der Waals surface area contributed by atoms with Crippen LogP contribution in [0.25, 0.3) is 0 Å². The minimum absolute atomic E-state index is 0.00196. The van der Waals surface area contributed by atoms with Crippen LogP contribution in [0.4, 0.5) is 21.5 Å². The van der Waals surface area contributed by atoms with E-state index < -0.39 is 16.8 Å². The molecule has 2 aromatic carbocycles. The van der Waals surface area contributed by atoms with Gasteiger partial charge in [0.2, 0.25) is 5.91 Å². The molecule has 1 atom stereocenters. The summed E-state index contributed by atoms with van der Waals surface area (Å²) in [6, 6.07) is 11.8. The number of para-hydroxylation sites is 1. The summed E-state index contributed by atoms with van der Waals surface area (Å²) >= 11 is 0. The van der Waals surface area contributed by atoms with Crippen molar-refractivity contribution in [1.29, 1.82) is 0 Å². The molecule has 1 heterocycles. The van der Waals surface area contributed by atoms with Crippen molar-refractivity contribution < 1.29 is 14.1 Å². The zero-order chi connectivity index (χ0) is 17.3. The molecule has 1 aliphatic heterocycles. The molecule has 1 unspecified atom stereocenters. The monoisotopic (exact) mass is 329 g/mol. The number of hydrogen-bond acceptors (Lipinski definition) is 4. The molecule has 0 aromatic heterocycles. The molecule has 1 aliphatic rings. The van der Waals surface area contributed by atoms with E-state index in [4.69, 9.17) is 0 Å². The van der Waals surface area contributed by atoms with Gasteiger partial charge in [-0.05, 0) is 30.7 Å². The molecule has 0 saturated carbocycles. The summed E-state index contributed by atoms with van der Waals surface area (Å²) in [4.78, 5) is 26.1. The maximum Gasteiger partial charge on any atom is 0.269 e. The van der Waals surface area contributed by atoms with Gasteiger partial charge in [-0.25, -0.2) is 4.39 Å². The first-order valence-corrected chi connectivity index (χ1v) is 7.52. The fourth-order valence-electron chi connectivity index (χ4n) is 2.92. The van der Waals surface area contributed by atoms with Crippen molar-refractivity contribution in [1.82, 2.24) is 0 Å². The molecule has 124 valence electrons. The molecule has 1 saturated heterocycles. The largest absolute Gasteiger partial charge is 0.363 e. The molecule has 3 rings (SSSR count). The standard InChI is InChI=1S/C17H16FN3O3/c1-19(12-6-8-13(9-7-12)21(23)24)16-10-11-20(17(16)22)15-5-3-2-4-14(15)18/h2-9,16H,10-11H2,1H3. The smallest absolute Gasteiger partial charge is 0.269 e. The molecule has 0 radical (unpaired) electrons. The first-order valence-electron chi connectivity index (χ1n) is 7.52. The van der Waals surface area contributed by atoms with Gasteiger partial charge in [-0.15, -0.1) is 0 Å². The number of carbonyl (C=O) groups excluding carboxylic acids is 1. The Labute approximate surface area is 138 Å². The number of rotatable bonds is 4. The Morgan fingerprint density at radius 3 is 2.50 bits per heavy atom. The third-order valence-corrected chi connectivity index (χ3v) is 4.26. The third-order valence-electron chi connectivity index (χ3n) is 4.26. The number of halogens is 1. The van der Waals surface area contributed by atoms with Crippen LogP contribution in [0.2, 0.25) is 0 Å². The predicted octanol–water partition coefficient (Wildman–Crippen LogP) is 2.98. The van der Waals surface area contributed by atoms with Crippen LogP contribution in [0.5, 0.6) is 0 Å². The Balaban J connectivity index is 1.79. The summed E-state index contributed by atoms with van der Waals surface area (Å²) in [7, 11) is 1.76. The summed E-state index contributed by atoms with van der Waals surface area (Å²) in [6.45, 7) is 0.432. The SMILES string of the molecule is CN(c1ccc([N+](=O)[O-])cc1)C1CCN(c2ccccc2F)C1=O. The number of amides is 1. The first kappa shape index (κ1) is 15.9. The second-order valence-corrected chi connectivity index (χ2v) is 5.63. The summed E-state index contributed by atoms with van der Waals surface area (Å²) in [5.74, 6) is -0.606. The number of benzene rings is 2. The molecule has 0 bridgehead atoms. The van der Waals surface area contributed by atoms with Gasteiger partial charge in [-0.3, -0.25) is 14.9 Å². The van der Waals surface area contributed by atoms with Gasteiger partial charge in [0.25, 0.3) is 5.69 Å². The van der Waals surface area contributed by atoms with Gasteiger partial charge in [0.05, 0.1) is 10.6 Å². The van der Waals surface area contributed by atoms with Crippen molar-refractivity contribution >= 4 is 23.0 Å². The van der Waals surface area contributed by atoms with E-state index in [9.17, 15) is 19.3 Å². The summed E-state index contributed by atoms with van der Waals surface area (Å²) in [6.07, 6.45) is 0.556. The van der Waals surface area contributed by atoms with Gasteiger partial charge >= 0.3 is 0 Å². The molecular weight excluding hydrogens is 313 g/mol. The summed E-state index contributed by atoms with van der Waals surface area (Å²) in [5, 5.41) is 10.7. The van der Waals surface area contributed by atoms with Crippen molar-refractivity contribution in [2.75, 3.05) is 23.4 Å². The molecule has 7 heteroatoms. The highest BCUT2D eigenvalue weighted by Gasteiger charge is 2.36. The molecule has 0 aliphatic carbocycles. The maximum absolute atomic E-state index is 13.9. The van der Waals surface area contributed by atoms with Gasteiger partial charge in [0, 0.05) is 31.4 Å². The number of nitrogens with zero attached hydrogens (tertiary/aromatic N) is 3. The highest BCUT2D eigenvalue weighted by Crippen LogP contribution is 2.29. The van der Waals surface area contributed by atoms with Crippen LogP contribution in [0.3, 0.4) is 0 Å². The lowest BCUT2D eigenvalue weighted by atomic mass is 10.2. The van der Waals surface area contributed by atoms with Gasteiger partial charge in [0.1, 0.15) is 11.9 Å². The Morgan fingerprint density at radius 1 is 1.21 bits per heavy atom. The topological polar surface area (TPSA) is 66.7 Å². The van der Waals surface area contributed by atoms with E-state index in [0.717, 1.165) is 0 Å². The fraction of sp³-hybridized carbons (Fsp3) is 0.235. The first-order chi connectivity index (χ1) is 11.5. The number of anilines is 2. The van der Waals surface area contributed by atoms with E-state index in [2.05, 4.69) is 0 Å². The van der Waals surface area contributed by atoms with Gasteiger partial charge in [-0.1, -0.05) is 12.1 Å². The van der Waals surface area contributed by atoms with Crippen LogP contribution in [-0.2, 0) is 4.79 Å². The van der Waals surface area contributed by atoms with Crippen molar-refractivity contribution in [3.63, 3.8) is 0 Å². The second-order valence-electron chi connectivity index (χ2n) is 5.63. The van der Waals surface area contributed by atoms with Crippen LogP contribution in [-0.4, -0.2) is 30.5 Å². The van der Waals surface area contributed by atoms with Gasteiger partial charge in [-0.2, -0.15) is 0 Å². The Kier molecular flexibility index (Phi) is 4.16. The lowest BCUT2D eigenvalue weighted by Crippen LogP contribution is -2.40. The molecular formula is C17H16FN3O3. The molecule has 24 heavy (non-hydrogen) atoms. The number of non-ortho nitro benzene ring substituents is 1. The van der Waals surface area contributed by atoms with E-state index in [0.29, 0.717) is 18.7 Å². The Hall–Kier alpha value is -2.96. The minimum atomic E-state index is -0.468. The van der Waals surface area contributed by atoms with Crippen LogP contribution < -0.4 is 9.80 Å². The zero-order valence-corrected chi connectivity index (χ0v) is 13.1. The number of hydrogen-bond donors (Lipinski definition) is 0. The molecule has 0 N–H and O–H groups in total. The average Bonchev–Trinajstić information content (AvgIpc) is 2.96. The fourth-order valence-corrected chi connectivity index (χ4v) is 2.92. The summed E-state index contributed by atoms with van der Waals surface area (Å²) < 4.78 is 13.9. The minimum Gasteiger partial charge on any atom is -0.363 e. The van der Waals surface area contributed by atoms with Crippen molar-refractivity contribution in [3.8, 4) is 0 Å². The van der Waals surface area contributed by atoms with Crippen molar-refractivity contribution in [3.05, 3.63) is 64.5 Å². The highest BCUT2D eigenvalue weighted by atomic mass is 19.1. The summed E-state index contributed by atoms with van der Waals surface area (Å²) in [5.41, 5.74) is 0.981. The van der Waals surface area contributed by atoms with Gasteiger partial charge < -0.3 is 9.80 Å². The molecule has 1 amide bonds. The number of carbonyl (C=O) groups is 1. The quantitative estimate of drug-likeness (QED) is 0.639. The Bertz CT molecular complexity index is 779. The van der Waals surface area contributed by atoms with Crippen LogP contribution in [0.1, 0.15) is 6.42 Å². The Morgan fingerprint density at radius 2 is 1.88 bits per heavy atom. The van der Waals surface area contributed by atoms with Crippen molar-refractivity contribution in [2.24, 2.45) is 0 Å². The zero-order valence-electron chi connectivity index (χ0n) is 13.1. The number of nitro benzene ring substituents is 1. The van der Waals surface area contributed by atoms with Crippen molar-refractivity contribution in [2.45, 2.75) is 12.5 Å². The van der Waals surface area contributed by atoms with Crippen LogP contribution >= 0.6 is 0 Å². The average molecular weight is 329 g/mol. The number of nitro groups is 1. The maximum atomic E-state index is 13.9. The molecule has 1 fully saturated rings. The normalized spacial score (nSPS) is 17.2. The number of likely N-dealkylation sites (N-methyl/N-ethyl adjacent to an activating group) is 1. The molecule has 6 nitrogen and oxygen atoms in total. The lowest BCUT2D eigenvalue weighted by Gasteiger charge is -2.26. The molecule has 0 spiro atoms. The highest BCUT2D eigenvalue weighted by molar-refractivity contribution is 6.01. The van der Waals surface area contributed by atoms with Crippen LogP contribution in [0, 0.1) is 15.9 Å². The molecule has 2 aromatic rings. The van der Waals surface area contributed by atoms with Gasteiger partial charge in [0.15, 0.2) is 0 Å². The van der Waals surface area contributed by atoms with E-state index in [1.807, 2.05) is 0 Å². The second kappa shape index (κ2) is 6.27. The van der Waals surface area contributed by atoms with E-state index in [-0.39, 0.29) is 17.3 Å². The van der Waals surface area contributed by atoms with E-state index in [1.165, 1.54) is 23.1 Å². The third kappa shape index (κ3) is 2.80.